The van der Waals surface area contributed by atoms with E-state index >= 15 is 0 Å². The Morgan fingerprint density at radius 3 is 2.58 bits per heavy atom. The van der Waals surface area contributed by atoms with Gasteiger partial charge in [0.05, 0.1) is 17.5 Å². The molecule has 0 spiro atoms. The average molecular weight is 340 g/mol. The van der Waals surface area contributed by atoms with Crippen LogP contribution in [0.1, 0.15) is 18.5 Å². The van der Waals surface area contributed by atoms with Crippen molar-refractivity contribution in [3.05, 3.63) is 60.2 Å². The number of rotatable bonds is 4. The molecule has 2 aromatic rings. The molecule has 2 amide bonds. The quantitative estimate of drug-likeness (QED) is 0.857. The molecule has 2 aromatic carbocycles. The van der Waals surface area contributed by atoms with Crippen LogP contribution in [0.5, 0.6) is 0 Å². The van der Waals surface area contributed by atoms with Crippen molar-refractivity contribution in [3.63, 3.8) is 0 Å². The van der Waals surface area contributed by atoms with E-state index in [1.165, 1.54) is 11.8 Å². The van der Waals surface area contributed by atoms with Crippen LogP contribution in [-0.2, 0) is 9.59 Å². The molecule has 0 saturated carbocycles. The van der Waals surface area contributed by atoms with Crippen LogP contribution in [0.3, 0.4) is 0 Å². The lowest BCUT2D eigenvalue weighted by Crippen LogP contribution is -2.44. The number of para-hydroxylation sites is 1. The van der Waals surface area contributed by atoms with E-state index in [2.05, 4.69) is 0 Å². The van der Waals surface area contributed by atoms with Crippen molar-refractivity contribution in [2.45, 2.75) is 17.9 Å². The molecule has 24 heavy (non-hydrogen) atoms. The van der Waals surface area contributed by atoms with Crippen LogP contribution in [0.2, 0.25) is 0 Å². The summed E-state index contributed by atoms with van der Waals surface area (Å²) in [5.41, 5.74) is 1.90. The number of thioether (sulfide) groups is 1. The van der Waals surface area contributed by atoms with E-state index in [4.69, 9.17) is 0 Å². The van der Waals surface area contributed by atoms with Gasteiger partial charge in [0.25, 0.3) is 0 Å². The number of hydrogen-bond acceptors (Lipinski definition) is 3. The predicted molar refractivity (Wildman–Crippen MR) is 97.1 cm³/mol. The molecule has 4 nitrogen and oxygen atoms in total. The molecule has 1 aliphatic heterocycles. The number of fused-ring (bicyclic) bond motifs is 1. The molecule has 5 heteroatoms. The minimum atomic E-state index is -0.0681. The highest BCUT2D eigenvalue weighted by molar-refractivity contribution is 8.00. The molecular formula is C19H20N2O2S. The summed E-state index contributed by atoms with van der Waals surface area (Å²) in [4.78, 5) is 29.3. The van der Waals surface area contributed by atoms with Gasteiger partial charge in [0, 0.05) is 11.9 Å². The number of carbonyl (C=O) groups excluding carboxylic acids is 2. The summed E-state index contributed by atoms with van der Waals surface area (Å²) in [6, 6.07) is 17.6. The number of anilines is 1. The fourth-order valence-corrected chi connectivity index (χ4v) is 3.68. The van der Waals surface area contributed by atoms with Crippen molar-refractivity contribution in [1.29, 1.82) is 0 Å². The van der Waals surface area contributed by atoms with Crippen molar-refractivity contribution in [2.75, 3.05) is 24.2 Å². The molecule has 0 aromatic heterocycles. The molecule has 0 N–H and O–H groups in total. The molecule has 0 radical (unpaired) electrons. The molecule has 1 atom stereocenters. The van der Waals surface area contributed by atoms with Gasteiger partial charge in [0.2, 0.25) is 11.8 Å². The second kappa shape index (κ2) is 7.09. The fraction of sp³-hybridized carbons (Fsp3) is 0.263. The van der Waals surface area contributed by atoms with Gasteiger partial charge in [-0.2, -0.15) is 0 Å². The first-order valence-corrected chi connectivity index (χ1v) is 8.89. The predicted octanol–water partition coefficient (Wildman–Crippen LogP) is 3.34. The first-order chi connectivity index (χ1) is 11.6. The van der Waals surface area contributed by atoms with E-state index in [0.717, 1.165) is 16.1 Å². The summed E-state index contributed by atoms with van der Waals surface area (Å²) < 4.78 is 0. The van der Waals surface area contributed by atoms with Gasteiger partial charge in [-0.25, -0.2) is 0 Å². The standard InChI is InChI=1S/C19H20N2O2S/c1-14(15-8-4-3-5-9-15)20(2)18(22)12-21-16-10-6-7-11-17(16)24-13-19(21)23/h3-11,14H,12-13H2,1-2H3. The molecule has 0 fully saturated rings. The molecule has 0 aliphatic carbocycles. The van der Waals surface area contributed by atoms with Crippen LogP contribution in [0.4, 0.5) is 5.69 Å². The number of likely N-dealkylation sites (N-methyl/N-ethyl adjacent to an activating group) is 1. The highest BCUT2D eigenvalue weighted by Gasteiger charge is 2.28. The minimum Gasteiger partial charge on any atom is -0.337 e. The summed E-state index contributed by atoms with van der Waals surface area (Å²) in [6.45, 7) is 2.07. The van der Waals surface area contributed by atoms with Crippen molar-refractivity contribution < 1.29 is 9.59 Å². The number of hydrogen-bond donors (Lipinski definition) is 0. The first kappa shape index (κ1) is 16.6. The van der Waals surface area contributed by atoms with Gasteiger partial charge < -0.3 is 9.80 Å². The SMILES string of the molecule is CC(c1ccccc1)N(C)C(=O)CN1C(=O)CSc2ccccc21. The van der Waals surface area contributed by atoms with Crippen molar-refractivity contribution in [1.82, 2.24) is 4.90 Å². The molecule has 1 heterocycles. The summed E-state index contributed by atoms with van der Waals surface area (Å²) in [7, 11) is 1.79. The lowest BCUT2D eigenvalue weighted by Gasteiger charge is -2.32. The average Bonchev–Trinajstić information content (AvgIpc) is 2.63. The van der Waals surface area contributed by atoms with Crippen LogP contribution in [0.25, 0.3) is 0 Å². The third-order valence-corrected chi connectivity index (χ3v) is 5.41. The maximum atomic E-state index is 12.7. The summed E-state index contributed by atoms with van der Waals surface area (Å²) >= 11 is 1.52. The van der Waals surface area contributed by atoms with E-state index in [1.54, 1.807) is 16.8 Å². The van der Waals surface area contributed by atoms with Crippen LogP contribution in [0, 0.1) is 0 Å². The Morgan fingerprint density at radius 2 is 1.83 bits per heavy atom. The number of benzene rings is 2. The Morgan fingerprint density at radius 1 is 1.17 bits per heavy atom. The minimum absolute atomic E-state index is 0.0205. The maximum Gasteiger partial charge on any atom is 0.242 e. The van der Waals surface area contributed by atoms with E-state index in [9.17, 15) is 9.59 Å². The normalized spacial score (nSPS) is 14.9. The van der Waals surface area contributed by atoms with Crippen LogP contribution < -0.4 is 4.90 Å². The molecule has 1 aliphatic rings. The zero-order valence-corrected chi connectivity index (χ0v) is 14.6. The van der Waals surface area contributed by atoms with Gasteiger partial charge in [0.1, 0.15) is 6.54 Å². The highest BCUT2D eigenvalue weighted by atomic mass is 32.2. The molecule has 0 saturated heterocycles. The Bertz CT molecular complexity index is 748. The lowest BCUT2D eigenvalue weighted by atomic mass is 10.1. The molecular weight excluding hydrogens is 320 g/mol. The second-order valence-electron chi connectivity index (χ2n) is 5.83. The van der Waals surface area contributed by atoms with Crippen LogP contribution in [0.15, 0.2) is 59.5 Å². The zero-order valence-electron chi connectivity index (χ0n) is 13.8. The smallest absolute Gasteiger partial charge is 0.242 e. The molecule has 3 rings (SSSR count). The summed E-state index contributed by atoms with van der Waals surface area (Å²) in [5.74, 6) is 0.289. The van der Waals surface area contributed by atoms with Crippen LogP contribution >= 0.6 is 11.8 Å². The van der Waals surface area contributed by atoms with Gasteiger partial charge in [-0.05, 0) is 24.6 Å². The van der Waals surface area contributed by atoms with E-state index < -0.39 is 0 Å². The Hall–Kier alpha value is -2.27. The van der Waals surface area contributed by atoms with Crippen LogP contribution in [-0.4, -0.2) is 36.1 Å². The number of amides is 2. The van der Waals surface area contributed by atoms with E-state index in [0.29, 0.717) is 5.75 Å². The number of carbonyl (C=O) groups is 2. The Balaban J connectivity index is 1.76. The summed E-state index contributed by atoms with van der Waals surface area (Å²) in [6.07, 6.45) is 0. The van der Waals surface area contributed by atoms with Gasteiger partial charge in [-0.15, -0.1) is 11.8 Å². The third kappa shape index (κ3) is 3.31. The second-order valence-corrected chi connectivity index (χ2v) is 6.84. The monoisotopic (exact) mass is 340 g/mol. The fourth-order valence-electron chi connectivity index (χ4n) is 2.75. The largest absolute Gasteiger partial charge is 0.337 e. The third-order valence-electron chi connectivity index (χ3n) is 4.36. The topological polar surface area (TPSA) is 40.6 Å². The first-order valence-electron chi connectivity index (χ1n) is 7.90. The molecule has 1 unspecified atom stereocenters. The van der Waals surface area contributed by atoms with Gasteiger partial charge in [-0.3, -0.25) is 9.59 Å². The highest BCUT2D eigenvalue weighted by Crippen LogP contribution is 2.35. The summed E-state index contributed by atoms with van der Waals surface area (Å²) in [5, 5.41) is 0. The molecule has 0 bridgehead atoms. The molecule has 124 valence electrons. The van der Waals surface area contributed by atoms with Gasteiger partial charge in [-0.1, -0.05) is 42.5 Å². The Labute approximate surface area is 146 Å². The lowest BCUT2D eigenvalue weighted by molar-refractivity contribution is -0.131. The Kier molecular flexibility index (Phi) is 4.90. The van der Waals surface area contributed by atoms with Gasteiger partial charge in [0.15, 0.2) is 0 Å². The van der Waals surface area contributed by atoms with E-state index in [1.807, 2.05) is 61.5 Å². The maximum absolute atomic E-state index is 12.7. The zero-order chi connectivity index (χ0) is 17.1. The van der Waals surface area contributed by atoms with Crippen molar-refractivity contribution >= 4 is 29.3 Å². The van der Waals surface area contributed by atoms with Gasteiger partial charge >= 0.3 is 0 Å². The van der Waals surface area contributed by atoms with Crippen molar-refractivity contribution in [3.8, 4) is 0 Å². The van der Waals surface area contributed by atoms with Crippen molar-refractivity contribution in [2.24, 2.45) is 0 Å². The van der Waals surface area contributed by atoms with E-state index in [-0.39, 0.29) is 24.4 Å². The number of nitrogens with zero attached hydrogens (tertiary/aromatic N) is 2.